The molecular weight excluding hydrogens is 414 g/mol. The first-order valence-electron chi connectivity index (χ1n) is 11.1. The highest BCUT2D eigenvalue weighted by Crippen LogP contribution is 2.33. The minimum Gasteiger partial charge on any atom is -0.452 e. The smallest absolute Gasteiger partial charge is 0.339 e. The second kappa shape index (κ2) is 8.20. The highest BCUT2D eigenvalue weighted by molar-refractivity contribution is 6.07. The molecule has 0 fully saturated rings. The van der Waals surface area contributed by atoms with Crippen molar-refractivity contribution < 1.29 is 14.3 Å². The van der Waals surface area contributed by atoms with E-state index in [9.17, 15) is 9.59 Å². The summed E-state index contributed by atoms with van der Waals surface area (Å²) in [5.41, 5.74) is 7.21. The Balaban J connectivity index is 1.30. The lowest BCUT2D eigenvalue weighted by Gasteiger charge is -2.10. The maximum Gasteiger partial charge on any atom is 0.339 e. The van der Waals surface area contributed by atoms with Crippen LogP contribution in [0, 0.1) is 20.8 Å². The number of nitrogens with one attached hydrogen (secondary N) is 1. The maximum absolute atomic E-state index is 12.8. The van der Waals surface area contributed by atoms with Gasteiger partial charge in [0.15, 0.2) is 6.61 Å². The number of benzene rings is 3. The van der Waals surface area contributed by atoms with E-state index in [1.807, 2.05) is 63.2 Å². The maximum atomic E-state index is 12.8. The van der Waals surface area contributed by atoms with Crippen LogP contribution in [0.1, 0.15) is 38.4 Å². The van der Waals surface area contributed by atoms with Crippen molar-refractivity contribution in [1.82, 2.24) is 9.78 Å². The van der Waals surface area contributed by atoms with E-state index in [0.29, 0.717) is 16.9 Å². The van der Waals surface area contributed by atoms with Crippen LogP contribution >= 0.6 is 0 Å². The van der Waals surface area contributed by atoms with Gasteiger partial charge in [-0.05, 0) is 73.7 Å². The van der Waals surface area contributed by atoms with Crippen molar-refractivity contribution in [1.29, 1.82) is 0 Å². The number of esters is 1. The van der Waals surface area contributed by atoms with Crippen LogP contribution < -0.4 is 5.32 Å². The van der Waals surface area contributed by atoms with Gasteiger partial charge in [0.2, 0.25) is 0 Å². The summed E-state index contributed by atoms with van der Waals surface area (Å²) in [5, 5.41) is 9.44. The second-order valence-corrected chi connectivity index (χ2v) is 8.53. The molecule has 3 aromatic carbocycles. The van der Waals surface area contributed by atoms with E-state index in [4.69, 9.17) is 4.74 Å². The third-order valence-electron chi connectivity index (χ3n) is 6.27. The summed E-state index contributed by atoms with van der Waals surface area (Å²) >= 11 is 0. The summed E-state index contributed by atoms with van der Waals surface area (Å²) in [6.07, 6.45) is 1.98. The Morgan fingerprint density at radius 1 is 0.970 bits per heavy atom. The molecule has 1 aliphatic carbocycles. The van der Waals surface area contributed by atoms with Gasteiger partial charge in [0, 0.05) is 0 Å². The standard InChI is InChI=1S/C27H25N3O3/c1-16-7-12-21(13-8-16)30-18(3)26(17(2)29-30)28-24(31)15-33-27(32)23-14-11-20-10-9-19-5-4-6-22(23)25(19)20/h4-8,11-14H,9-10,15H2,1-3H3,(H,28,31). The van der Waals surface area contributed by atoms with Crippen LogP contribution in [-0.4, -0.2) is 28.3 Å². The molecule has 166 valence electrons. The van der Waals surface area contributed by atoms with Crippen molar-refractivity contribution in [3.63, 3.8) is 0 Å². The quantitative estimate of drug-likeness (QED) is 0.452. The van der Waals surface area contributed by atoms with Gasteiger partial charge in [-0.3, -0.25) is 4.79 Å². The van der Waals surface area contributed by atoms with Gasteiger partial charge in [-0.15, -0.1) is 0 Å². The van der Waals surface area contributed by atoms with Gasteiger partial charge in [0.1, 0.15) is 0 Å². The van der Waals surface area contributed by atoms with Crippen LogP contribution in [0.2, 0.25) is 0 Å². The Kier molecular flexibility index (Phi) is 5.21. The van der Waals surface area contributed by atoms with Gasteiger partial charge in [0.25, 0.3) is 5.91 Å². The molecule has 1 heterocycles. The average molecular weight is 440 g/mol. The number of aryl methyl sites for hydroxylation is 4. The Morgan fingerprint density at radius 3 is 2.45 bits per heavy atom. The summed E-state index contributed by atoms with van der Waals surface area (Å²) in [6, 6.07) is 17.8. The molecule has 0 aliphatic heterocycles. The molecule has 1 aromatic heterocycles. The van der Waals surface area contributed by atoms with Gasteiger partial charge < -0.3 is 10.1 Å². The topological polar surface area (TPSA) is 73.2 Å². The SMILES string of the molecule is Cc1ccc(-n2nc(C)c(NC(=O)COC(=O)c3ccc4c5c(cccc35)CC4)c2C)cc1. The van der Waals surface area contributed by atoms with Crippen molar-refractivity contribution >= 4 is 28.3 Å². The minimum absolute atomic E-state index is 0.365. The van der Waals surface area contributed by atoms with Gasteiger partial charge >= 0.3 is 5.97 Å². The molecule has 0 radical (unpaired) electrons. The number of rotatable bonds is 5. The summed E-state index contributed by atoms with van der Waals surface area (Å²) in [7, 11) is 0. The Labute approximate surface area is 192 Å². The normalized spacial score (nSPS) is 12.2. The molecule has 0 saturated carbocycles. The van der Waals surface area contributed by atoms with Crippen molar-refractivity contribution in [3.05, 3.63) is 88.2 Å². The number of carbonyl (C=O) groups is 2. The third-order valence-corrected chi connectivity index (χ3v) is 6.27. The number of carbonyl (C=O) groups excluding carboxylic acids is 2. The number of hydrogen-bond donors (Lipinski definition) is 1. The fourth-order valence-corrected chi connectivity index (χ4v) is 4.57. The summed E-state index contributed by atoms with van der Waals surface area (Å²) in [6.45, 7) is 5.40. The van der Waals surface area contributed by atoms with Gasteiger partial charge in [-0.2, -0.15) is 5.10 Å². The molecule has 6 nitrogen and oxygen atoms in total. The first-order chi connectivity index (χ1) is 15.9. The van der Waals surface area contributed by atoms with Crippen LogP contribution in [0.3, 0.4) is 0 Å². The predicted molar refractivity (Wildman–Crippen MR) is 128 cm³/mol. The van der Waals surface area contributed by atoms with Crippen LogP contribution in [0.4, 0.5) is 5.69 Å². The summed E-state index contributed by atoms with van der Waals surface area (Å²) in [4.78, 5) is 25.4. The first-order valence-corrected chi connectivity index (χ1v) is 11.1. The fourth-order valence-electron chi connectivity index (χ4n) is 4.57. The Bertz CT molecular complexity index is 1390. The molecule has 1 amide bonds. The van der Waals surface area contributed by atoms with E-state index >= 15 is 0 Å². The molecule has 4 aromatic rings. The van der Waals surface area contributed by atoms with E-state index in [-0.39, 0.29) is 6.61 Å². The number of anilines is 1. The highest BCUT2D eigenvalue weighted by atomic mass is 16.5. The number of hydrogen-bond acceptors (Lipinski definition) is 4. The third kappa shape index (κ3) is 3.78. The largest absolute Gasteiger partial charge is 0.452 e. The molecule has 5 rings (SSSR count). The molecule has 6 heteroatoms. The molecule has 0 saturated heterocycles. The van der Waals surface area contributed by atoms with Crippen molar-refractivity contribution in [2.45, 2.75) is 33.6 Å². The second-order valence-electron chi connectivity index (χ2n) is 8.53. The van der Waals surface area contributed by atoms with Crippen molar-refractivity contribution in [2.24, 2.45) is 0 Å². The van der Waals surface area contributed by atoms with Crippen LogP contribution in [0.15, 0.2) is 54.6 Å². The highest BCUT2D eigenvalue weighted by Gasteiger charge is 2.21. The fraction of sp³-hybridized carbons (Fsp3) is 0.222. The molecular formula is C27H25N3O3. The zero-order chi connectivity index (χ0) is 23.1. The lowest BCUT2D eigenvalue weighted by atomic mass is 10.00. The minimum atomic E-state index is -0.496. The van der Waals surface area contributed by atoms with Crippen molar-refractivity contribution in [3.8, 4) is 5.69 Å². The Hall–Kier alpha value is -3.93. The molecule has 0 unspecified atom stereocenters. The zero-order valence-corrected chi connectivity index (χ0v) is 18.9. The van der Waals surface area contributed by atoms with Crippen LogP contribution in [0.25, 0.3) is 16.5 Å². The van der Waals surface area contributed by atoms with E-state index in [1.54, 1.807) is 10.7 Å². The zero-order valence-electron chi connectivity index (χ0n) is 18.9. The van der Waals surface area contributed by atoms with Crippen LogP contribution in [-0.2, 0) is 22.4 Å². The number of amides is 1. The molecule has 1 N–H and O–H groups in total. The lowest BCUT2D eigenvalue weighted by Crippen LogP contribution is -2.21. The first kappa shape index (κ1) is 20.9. The summed E-state index contributed by atoms with van der Waals surface area (Å²) < 4.78 is 7.17. The van der Waals surface area contributed by atoms with Gasteiger partial charge in [-0.1, -0.05) is 42.0 Å². The average Bonchev–Trinajstić information content (AvgIpc) is 3.36. The number of aromatic nitrogens is 2. The number of nitrogens with zero attached hydrogens (tertiary/aromatic N) is 2. The molecule has 0 bridgehead atoms. The van der Waals surface area contributed by atoms with Gasteiger partial charge in [0.05, 0.1) is 28.3 Å². The van der Waals surface area contributed by atoms with E-state index in [0.717, 1.165) is 40.6 Å². The molecule has 33 heavy (non-hydrogen) atoms. The predicted octanol–water partition coefficient (Wildman–Crippen LogP) is 4.84. The van der Waals surface area contributed by atoms with Crippen molar-refractivity contribution in [2.75, 3.05) is 11.9 Å². The molecule has 0 spiro atoms. The van der Waals surface area contributed by atoms with E-state index in [2.05, 4.69) is 16.5 Å². The van der Waals surface area contributed by atoms with Gasteiger partial charge in [-0.25, -0.2) is 9.48 Å². The van der Waals surface area contributed by atoms with E-state index < -0.39 is 11.9 Å². The molecule has 1 aliphatic rings. The van der Waals surface area contributed by atoms with E-state index in [1.165, 1.54) is 11.1 Å². The Morgan fingerprint density at radius 2 is 1.70 bits per heavy atom. The summed E-state index contributed by atoms with van der Waals surface area (Å²) in [5.74, 6) is -0.895. The lowest BCUT2D eigenvalue weighted by molar-refractivity contribution is -0.119. The number of ether oxygens (including phenoxy) is 1. The molecule has 0 atom stereocenters. The monoisotopic (exact) mass is 439 g/mol. The van der Waals surface area contributed by atoms with Crippen LogP contribution in [0.5, 0.6) is 0 Å².